The zero-order valence-corrected chi connectivity index (χ0v) is 24.2. The molecular weight excluding hydrogens is 542 g/mol. The second-order valence-electron chi connectivity index (χ2n) is 11.1. The van der Waals surface area contributed by atoms with E-state index in [9.17, 15) is 0 Å². The molecule has 0 aliphatic heterocycles. The van der Waals surface area contributed by atoms with Crippen molar-refractivity contribution in [1.82, 2.24) is 15.2 Å². The zero-order chi connectivity index (χ0) is 29.5. The molecule has 2 aromatic heterocycles. The number of hydrogen-bond donors (Lipinski definition) is 1. The second kappa shape index (κ2) is 10.9. The van der Waals surface area contributed by atoms with Gasteiger partial charge >= 0.3 is 0 Å². The minimum Gasteiger partial charge on any atom is -0.488 e. The first-order valence-electron chi connectivity index (χ1n) is 14.8. The Morgan fingerprint density at radius 3 is 1.95 bits per heavy atom. The van der Waals surface area contributed by atoms with Crippen LogP contribution < -0.4 is 9.47 Å². The van der Waals surface area contributed by atoms with Gasteiger partial charge in [0.2, 0.25) is 0 Å². The molecule has 0 atom stereocenters. The Labute approximate surface area is 254 Å². The SMILES string of the molecule is Cc1ccc(-c2ccc(OCc3ccccc3)c3nc4c(cc(OCc5ccccc5)c5c6ccccc6[nH]nc45)c23)cc1. The minimum absolute atomic E-state index is 0.441. The second-order valence-corrected chi connectivity index (χ2v) is 11.1. The highest BCUT2D eigenvalue weighted by Crippen LogP contribution is 2.44. The van der Waals surface area contributed by atoms with E-state index in [1.165, 1.54) is 5.56 Å². The molecule has 0 amide bonds. The third-order valence-corrected chi connectivity index (χ3v) is 8.19. The van der Waals surface area contributed by atoms with Crippen LogP contribution in [0, 0.1) is 6.92 Å². The van der Waals surface area contributed by atoms with Gasteiger partial charge in [-0.15, -0.1) is 0 Å². The van der Waals surface area contributed by atoms with Gasteiger partial charge in [-0.05, 0) is 53.4 Å². The number of benzene rings is 6. The molecule has 212 valence electrons. The van der Waals surface area contributed by atoms with Gasteiger partial charge in [-0.3, -0.25) is 5.10 Å². The summed E-state index contributed by atoms with van der Waals surface area (Å²) in [5.41, 5.74) is 8.96. The number of fused-ring (bicyclic) bond motifs is 7. The van der Waals surface area contributed by atoms with Crippen LogP contribution in [0.1, 0.15) is 16.7 Å². The van der Waals surface area contributed by atoms with Crippen LogP contribution in [0.15, 0.2) is 127 Å². The van der Waals surface area contributed by atoms with Crippen molar-refractivity contribution in [2.24, 2.45) is 0 Å². The van der Waals surface area contributed by atoms with E-state index in [1.807, 2.05) is 60.7 Å². The molecule has 2 heterocycles. The van der Waals surface area contributed by atoms with Crippen molar-refractivity contribution < 1.29 is 9.47 Å². The number of H-pyrrole nitrogens is 1. The number of nitrogens with one attached hydrogen (secondary N) is 1. The summed E-state index contributed by atoms with van der Waals surface area (Å²) in [6.07, 6.45) is 0. The van der Waals surface area contributed by atoms with Crippen LogP contribution in [0.2, 0.25) is 0 Å². The van der Waals surface area contributed by atoms with Gasteiger partial charge < -0.3 is 9.47 Å². The van der Waals surface area contributed by atoms with Crippen molar-refractivity contribution in [3.05, 3.63) is 144 Å². The highest BCUT2D eigenvalue weighted by atomic mass is 16.5. The quantitative estimate of drug-likeness (QED) is 0.194. The summed E-state index contributed by atoms with van der Waals surface area (Å²) >= 11 is 0. The van der Waals surface area contributed by atoms with E-state index in [0.717, 1.165) is 77.4 Å². The number of aryl methyl sites for hydroxylation is 1. The highest BCUT2D eigenvalue weighted by Gasteiger charge is 2.22. The monoisotopic (exact) mass is 571 g/mol. The molecular formula is C39H29N3O2. The summed E-state index contributed by atoms with van der Waals surface area (Å²) in [7, 11) is 0. The van der Waals surface area contributed by atoms with Crippen LogP contribution in [0.3, 0.4) is 0 Å². The van der Waals surface area contributed by atoms with E-state index in [2.05, 4.69) is 78.8 Å². The van der Waals surface area contributed by atoms with Crippen molar-refractivity contribution in [3.8, 4) is 22.6 Å². The predicted octanol–water partition coefficient (Wildman–Crippen LogP) is 9.55. The molecule has 0 saturated carbocycles. The van der Waals surface area contributed by atoms with E-state index >= 15 is 0 Å². The van der Waals surface area contributed by atoms with Gasteiger partial charge in [-0.1, -0.05) is 109 Å². The number of aromatic nitrogens is 3. The Morgan fingerprint density at radius 1 is 0.568 bits per heavy atom. The van der Waals surface area contributed by atoms with Gasteiger partial charge in [-0.2, -0.15) is 5.10 Å². The van der Waals surface area contributed by atoms with Crippen LogP contribution in [0.25, 0.3) is 54.7 Å². The molecule has 0 unspecified atom stereocenters. The minimum atomic E-state index is 0.441. The lowest BCUT2D eigenvalue weighted by molar-refractivity contribution is 0.309. The average Bonchev–Trinajstić information content (AvgIpc) is 3.47. The van der Waals surface area contributed by atoms with E-state index in [1.54, 1.807) is 0 Å². The fourth-order valence-corrected chi connectivity index (χ4v) is 5.96. The predicted molar refractivity (Wildman–Crippen MR) is 178 cm³/mol. The van der Waals surface area contributed by atoms with Gasteiger partial charge in [0.05, 0.1) is 10.9 Å². The van der Waals surface area contributed by atoms with Gasteiger partial charge in [0, 0.05) is 16.2 Å². The number of rotatable bonds is 7. The van der Waals surface area contributed by atoms with Crippen LogP contribution in [-0.2, 0) is 13.2 Å². The topological polar surface area (TPSA) is 60.0 Å². The highest BCUT2D eigenvalue weighted by molar-refractivity contribution is 6.25. The number of aromatic amines is 1. The Morgan fingerprint density at radius 2 is 1.23 bits per heavy atom. The van der Waals surface area contributed by atoms with Crippen molar-refractivity contribution in [3.63, 3.8) is 0 Å². The first-order valence-corrected chi connectivity index (χ1v) is 14.8. The van der Waals surface area contributed by atoms with Gasteiger partial charge in [0.25, 0.3) is 0 Å². The molecule has 5 heteroatoms. The molecule has 0 radical (unpaired) electrons. The third-order valence-electron chi connectivity index (χ3n) is 8.19. The molecule has 0 spiro atoms. The van der Waals surface area contributed by atoms with E-state index in [4.69, 9.17) is 19.6 Å². The maximum Gasteiger partial charge on any atom is 0.146 e. The molecule has 0 aliphatic rings. The molecule has 8 aromatic rings. The number of nitrogens with zero attached hydrogens (tertiary/aromatic N) is 2. The molecule has 0 saturated heterocycles. The average molecular weight is 572 g/mol. The summed E-state index contributed by atoms with van der Waals surface area (Å²) in [6.45, 7) is 3.00. The number of hydrogen-bond acceptors (Lipinski definition) is 4. The summed E-state index contributed by atoms with van der Waals surface area (Å²) in [4.78, 5) is 5.26. The molecule has 44 heavy (non-hydrogen) atoms. The number of para-hydroxylation sites is 1. The molecule has 0 fully saturated rings. The third kappa shape index (κ3) is 4.59. The van der Waals surface area contributed by atoms with E-state index in [0.29, 0.717) is 13.2 Å². The zero-order valence-electron chi connectivity index (χ0n) is 24.2. The summed E-state index contributed by atoms with van der Waals surface area (Å²) in [6, 6.07) is 43.6. The number of ether oxygens (including phenoxy) is 2. The van der Waals surface area contributed by atoms with Crippen LogP contribution >= 0.6 is 0 Å². The maximum atomic E-state index is 6.62. The fraction of sp³-hybridized carbons (Fsp3) is 0.0769. The van der Waals surface area contributed by atoms with Gasteiger partial charge in [0.1, 0.15) is 41.3 Å². The lowest BCUT2D eigenvalue weighted by atomic mass is 9.97. The van der Waals surface area contributed by atoms with Crippen LogP contribution in [0.4, 0.5) is 0 Å². The van der Waals surface area contributed by atoms with Crippen molar-refractivity contribution in [1.29, 1.82) is 0 Å². The van der Waals surface area contributed by atoms with Crippen LogP contribution in [-0.4, -0.2) is 15.2 Å². The van der Waals surface area contributed by atoms with Crippen molar-refractivity contribution in [2.45, 2.75) is 20.1 Å². The van der Waals surface area contributed by atoms with Crippen LogP contribution in [0.5, 0.6) is 11.5 Å². The van der Waals surface area contributed by atoms with E-state index < -0.39 is 0 Å². The van der Waals surface area contributed by atoms with Crippen molar-refractivity contribution in [2.75, 3.05) is 0 Å². The molecule has 6 aromatic carbocycles. The summed E-state index contributed by atoms with van der Waals surface area (Å²) in [5, 5.41) is 12.1. The Hall–Kier alpha value is -5.68. The first kappa shape index (κ1) is 26.0. The van der Waals surface area contributed by atoms with Gasteiger partial charge in [-0.25, -0.2) is 4.98 Å². The van der Waals surface area contributed by atoms with Gasteiger partial charge in [0.15, 0.2) is 0 Å². The molecule has 0 aliphatic carbocycles. The smallest absolute Gasteiger partial charge is 0.146 e. The summed E-state index contributed by atoms with van der Waals surface area (Å²) in [5.74, 6) is 1.51. The molecule has 0 bridgehead atoms. The maximum absolute atomic E-state index is 6.62. The first-order chi connectivity index (χ1) is 21.7. The normalized spacial score (nSPS) is 11.5. The molecule has 1 N–H and O–H groups in total. The van der Waals surface area contributed by atoms with E-state index in [-0.39, 0.29) is 0 Å². The lowest BCUT2D eigenvalue weighted by Crippen LogP contribution is -1.98. The largest absolute Gasteiger partial charge is 0.488 e. The summed E-state index contributed by atoms with van der Waals surface area (Å²) < 4.78 is 13.1. The van der Waals surface area contributed by atoms with Crippen molar-refractivity contribution >= 4 is 43.6 Å². The Balaban J connectivity index is 1.40. The molecule has 5 nitrogen and oxygen atoms in total. The Kier molecular flexibility index (Phi) is 6.42. The lowest BCUT2D eigenvalue weighted by Gasteiger charge is -2.13. The Bertz CT molecular complexity index is 2280. The molecule has 8 rings (SSSR count). The standard InChI is InChI=1S/C39H29N3O2/c1-25-16-18-28(19-17-25)29-20-21-33(43-23-26-10-4-2-5-11-26)38-35(29)31-22-34(44-24-27-12-6-3-7-13-27)36-30-14-8-9-15-32(30)41-42-39(36)37(31)40-38/h2-22,41H,23-24H2,1H3. The fourth-order valence-electron chi connectivity index (χ4n) is 5.96.